The van der Waals surface area contributed by atoms with Crippen LogP contribution in [-0.4, -0.2) is 26.7 Å². The predicted molar refractivity (Wildman–Crippen MR) is 84.1 cm³/mol. The first-order chi connectivity index (χ1) is 9.44. The molecule has 0 saturated heterocycles. The summed E-state index contributed by atoms with van der Waals surface area (Å²) >= 11 is 5.55. The van der Waals surface area contributed by atoms with E-state index in [-0.39, 0.29) is 5.75 Å². The second-order valence-corrected chi connectivity index (χ2v) is 7.24. The Bertz CT molecular complexity index is 503. The SMILES string of the molecule is CC(C)COc1ccccc1NS(=O)(=O)CCCCCl. The second kappa shape index (κ2) is 8.37. The van der Waals surface area contributed by atoms with E-state index in [0.717, 1.165) is 0 Å². The van der Waals surface area contributed by atoms with Crippen molar-refractivity contribution < 1.29 is 13.2 Å². The lowest BCUT2D eigenvalue weighted by molar-refractivity contribution is 0.272. The van der Waals surface area contributed by atoms with Gasteiger partial charge in [0.2, 0.25) is 10.0 Å². The number of hydrogen-bond acceptors (Lipinski definition) is 3. The van der Waals surface area contributed by atoms with Crippen LogP contribution in [-0.2, 0) is 10.0 Å². The van der Waals surface area contributed by atoms with E-state index < -0.39 is 10.0 Å². The van der Waals surface area contributed by atoms with Gasteiger partial charge in [-0.05, 0) is 30.9 Å². The summed E-state index contributed by atoms with van der Waals surface area (Å²) in [6.07, 6.45) is 1.24. The highest BCUT2D eigenvalue weighted by Crippen LogP contribution is 2.25. The molecule has 0 aromatic heterocycles. The van der Waals surface area contributed by atoms with E-state index >= 15 is 0 Å². The maximum absolute atomic E-state index is 12.0. The molecule has 6 heteroatoms. The molecule has 0 fully saturated rings. The van der Waals surface area contributed by atoms with Crippen LogP contribution < -0.4 is 9.46 Å². The summed E-state index contributed by atoms with van der Waals surface area (Å²) in [4.78, 5) is 0. The van der Waals surface area contributed by atoms with E-state index in [4.69, 9.17) is 16.3 Å². The van der Waals surface area contributed by atoms with Gasteiger partial charge in [0.1, 0.15) is 5.75 Å². The highest BCUT2D eigenvalue weighted by Gasteiger charge is 2.13. The van der Waals surface area contributed by atoms with E-state index in [2.05, 4.69) is 4.72 Å². The fraction of sp³-hybridized carbons (Fsp3) is 0.571. The molecule has 1 aromatic rings. The lowest BCUT2D eigenvalue weighted by atomic mass is 10.2. The largest absolute Gasteiger partial charge is 0.491 e. The molecule has 0 atom stereocenters. The molecule has 1 aromatic carbocycles. The summed E-state index contributed by atoms with van der Waals surface area (Å²) in [5.74, 6) is 1.48. The highest BCUT2D eigenvalue weighted by molar-refractivity contribution is 7.92. The van der Waals surface area contributed by atoms with Crippen molar-refractivity contribution in [2.45, 2.75) is 26.7 Å². The normalized spacial score (nSPS) is 11.6. The first kappa shape index (κ1) is 17.1. The third-order valence-electron chi connectivity index (χ3n) is 2.52. The first-order valence-electron chi connectivity index (χ1n) is 6.73. The molecule has 4 nitrogen and oxygen atoms in total. The first-order valence-corrected chi connectivity index (χ1v) is 8.91. The lowest BCUT2D eigenvalue weighted by Gasteiger charge is -2.14. The summed E-state index contributed by atoms with van der Waals surface area (Å²) in [7, 11) is -3.36. The van der Waals surface area contributed by atoms with E-state index in [0.29, 0.717) is 42.7 Å². The van der Waals surface area contributed by atoms with Crippen molar-refractivity contribution in [3.8, 4) is 5.75 Å². The van der Waals surface area contributed by atoms with Crippen molar-refractivity contribution in [2.24, 2.45) is 5.92 Å². The Labute approximate surface area is 126 Å². The van der Waals surface area contributed by atoms with Crippen molar-refractivity contribution in [1.29, 1.82) is 0 Å². The second-order valence-electron chi connectivity index (χ2n) is 5.02. The lowest BCUT2D eigenvalue weighted by Crippen LogP contribution is -2.17. The summed E-state index contributed by atoms with van der Waals surface area (Å²) in [5.41, 5.74) is 0.485. The highest BCUT2D eigenvalue weighted by atomic mass is 35.5. The number of ether oxygens (including phenoxy) is 1. The predicted octanol–water partition coefficient (Wildman–Crippen LogP) is 3.48. The number of sulfonamides is 1. The smallest absolute Gasteiger partial charge is 0.232 e. The Balaban J connectivity index is 2.71. The Kier molecular flexibility index (Phi) is 7.16. The zero-order valence-corrected chi connectivity index (χ0v) is 13.5. The van der Waals surface area contributed by atoms with Crippen LogP contribution in [0.25, 0.3) is 0 Å². The number of benzene rings is 1. The van der Waals surface area contributed by atoms with Gasteiger partial charge in [0.05, 0.1) is 18.0 Å². The Hall–Kier alpha value is -0.940. The van der Waals surface area contributed by atoms with Gasteiger partial charge in [-0.25, -0.2) is 8.42 Å². The minimum absolute atomic E-state index is 0.0677. The van der Waals surface area contributed by atoms with Crippen LogP contribution in [0.15, 0.2) is 24.3 Å². The number of nitrogens with one attached hydrogen (secondary N) is 1. The Morgan fingerprint density at radius 2 is 1.95 bits per heavy atom. The van der Waals surface area contributed by atoms with Gasteiger partial charge in [-0.2, -0.15) is 0 Å². The van der Waals surface area contributed by atoms with Crippen LogP contribution in [0.5, 0.6) is 5.75 Å². The molecule has 0 aliphatic rings. The molecule has 0 aliphatic heterocycles. The molecule has 1 N–H and O–H groups in total. The quantitative estimate of drug-likeness (QED) is 0.560. The van der Waals surface area contributed by atoms with Crippen molar-refractivity contribution in [3.05, 3.63) is 24.3 Å². The van der Waals surface area contributed by atoms with Crippen molar-refractivity contribution in [2.75, 3.05) is 23.0 Å². The van der Waals surface area contributed by atoms with Crippen molar-refractivity contribution in [1.82, 2.24) is 0 Å². The number of rotatable bonds is 9. The summed E-state index contributed by atoms with van der Waals surface area (Å²) in [6.45, 7) is 4.63. The van der Waals surface area contributed by atoms with Gasteiger partial charge in [0.25, 0.3) is 0 Å². The number of halogens is 1. The molecule has 20 heavy (non-hydrogen) atoms. The van der Waals surface area contributed by atoms with Crippen molar-refractivity contribution in [3.63, 3.8) is 0 Å². The van der Waals surface area contributed by atoms with Gasteiger partial charge >= 0.3 is 0 Å². The molecule has 0 spiro atoms. The summed E-state index contributed by atoms with van der Waals surface area (Å²) < 4.78 is 32.1. The van der Waals surface area contributed by atoms with Crippen molar-refractivity contribution >= 4 is 27.3 Å². The minimum Gasteiger partial charge on any atom is -0.491 e. The molecule has 0 saturated carbocycles. The van der Waals surface area contributed by atoms with Gasteiger partial charge < -0.3 is 4.74 Å². The van der Waals surface area contributed by atoms with E-state index in [1.165, 1.54) is 0 Å². The zero-order valence-electron chi connectivity index (χ0n) is 11.9. The molecule has 0 radical (unpaired) electrons. The molecule has 0 amide bonds. The van der Waals surface area contributed by atoms with Gasteiger partial charge in [-0.1, -0.05) is 26.0 Å². The molecule has 0 aliphatic carbocycles. The van der Waals surface area contributed by atoms with E-state index in [9.17, 15) is 8.42 Å². The third-order valence-corrected chi connectivity index (χ3v) is 4.15. The fourth-order valence-electron chi connectivity index (χ4n) is 1.54. The van der Waals surface area contributed by atoms with Gasteiger partial charge in [0, 0.05) is 5.88 Å². The molecule has 0 unspecified atom stereocenters. The number of alkyl halides is 1. The number of unbranched alkanes of at least 4 members (excludes halogenated alkanes) is 1. The monoisotopic (exact) mass is 319 g/mol. The zero-order chi connectivity index (χ0) is 15.0. The number of anilines is 1. The van der Waals surface area contributed by atoms with Crippen LogP contribution in [0.3, 0.4) is 0 Å². The van der Waals surface area contributed by atoms with Gasteiger partial charge in [0.15, 0.2) is 0 Å². The summed E-state index contributed by atoms with van der Waals surface area (Å²) in [6, 6.07) is 7.06. The van der Waals surface area contributed by atoms with Crippen LogP contribution in [0.1, 0.15) is 26.7 Å². The average Bonchev–Trinajstić information content (AvgIpc) is 2.37. The third kappa shape index (κ3) is 6.48. The minimum atomic E-state index is -3.36. The van der Waals surface area contributed by atoms with Crippen LogP contribution in [0.4, 0.5) is 5.69 Å². The molecule has 0 heterocycles. The maximum atomic E-state index is 12.0. The van der Waals surface area contributed by atoms with Crippen LogP contribution >= 0.6 is 11.6 Å². The molecular weight excluding hydrogens is 298 g/mol. The molecule has 114 valence electrons. The molecule has 1 rings (SSSR count). The number of para-hydroxylation sites is 2. The van der Waals surface area contributed by atoms with Crippen LogP contribution in [0, 0.1) is 5.92 Å². The molecule has 0 bridgehead atoms. The number of hydrogen-bond donors (Lipinski definition) is 1. The summed E-state index contributed by atoms with van der Waals surface area (Å²) in [5, 5.41) is 0. The van der Waals surface area contributed by atoms with E-state index in [1.807, 2.05) is 19.9 Å². The average molecular weight is 320 g/mol. The van der Waals surface area contributed by atoms with Crippen LogP contribution in [0.2, 0.25) is 0 Å². The fourth-order valence-corrected chi connectivity index (χ4v) is 2.92. The Morgan fingerprint density at radius 3 is 2.60 bits per heavy atom. The maximum Gasteiger partial charge on any atom is 0.232 e. The van der Waals surface area contributed by atoms with Gasteiger partial charge in [-0.15, -0.1) is 11.6 Å². The standard InChI is InChI=1S/C14H22ClNO3S/c1-12(2)11-19-14-8-4-3-7-13(14)16-20(17,18)10-6-5-9-15/h3-4,7-8,12,16H,5-6,9-11H2,1-2H3. The van der Waals surface area contributed by atoms with E-state index in [1.54, 1.807) is 18.2 Å². The van der Waals surface area contributed by atoms with Gasteiger partial charge in [-0.3, -0.25) is 4.72 Å². The topological polar surface area (TPSA) is 55.4 Å². The molecular formula is C14H22ClNO3S. The Morgan fingerprint density at radius 1 is 1.25 bits per heavy atom.